The van der Waals surface area contributed by atoms with Gasteiger partial charge >= 0.3 is 6.09 Å². The summed E-state index contributed by atoms with van der Waals surface area (Å²) >= 11 is 0. The molecule has 1 N–H and O–H groups in total. The molecule has 8 atom stereocenters. The van der Waals surface area contributed by atoms with Gasteiger partial charge in [0, 0.05) is 19.0 Å². The van der Waals surface area contributed by atoms with Crippen LogP contribution in [0.15, 0.2) is 23.3 Å². The lowest BCUT2D eigenvalue weighted by atomic mass is 9.59. The van der Waals surface area contributed by atoms with E-state index in [-0.39, 0.29) is 35.6 Å². The van der Waals surface area contributed by atoms with Gasteiger partial charge in [-0.15, -0.1) is 0 Å². The molecule has 4 fully saturated rings. The summed E-state index contributed by atoms with van der Waals surface area (Å²) in [7, 11) is 0. The van der Waals surface area contributed by atoms with Crippen molar-refractivity contribution in [3.8, 4) is 0 Å². The molecule has 2 saturated carbocycles. The van der Waals surface area contributed by atoms with Gasteiger partial charge < -0.3 is 24.2 Å². The van der Waals surface area contributed by atoms with Crippen molar-refractivity contribution in [3.05, 3.63) is 23.3 Å². The van der Waals surface area contributed by atoms with Crippen LogP contribution in [0.3, 0.4) is 0 Å². The lowest BCUT2D eigenvalue weighted by Crippen LogP contribution is -2.68. The summed E-state index contributed by atoms with van der Waals surface area (Å²) in [6.45, 7) is 13.7. The normalized spacial score (nSPS) is 46.3. The topological polar surface area (TPSA) is 85.3 Å². The highest BCUT2D eigenvalue weighted by Gasteiger charge is 2.77. The number of aliphatic hydroxyl groups is 1. The first-order valence-corrected chi connectivity index (χ1v) is 13.8. The van der Waals surface area contributed by atoms with Crippen LogP contribution in [0.25, 0.3) is 0 Å². The van der Waals surface area contributed by atoms with Gasteiger partial charge in [-0.2, -0.15) is 0 Å². The third-order valence-corrected chi connectivity index (χ3v) is 10.5. The van der Waals surface area contributed by atoms with Gasteiger partial charge in [-0.25, -0.2) is 4.79 Å². The number of hydrogen-bond donors (Lipinski definition) is 1. The number of ketones is 1. The molecule has 7 nitrogen and oxygen atoms in total. The van der Waals surface area contributed by atoms with Crippen molar-refractivity contribution in [1.29, 1.82) is 0 Å². The molecular formula is C29H41NO6. The minimum atomic E-state index is -1.75. The van der Waals surface area contributed by atoms with E-state index >= 15 is 0 Å². The van der Waals surface area contributed by atoms with Crippen LogP contribution in [0.4, 0.5) is 4.79 Å². The summed E-state index contributed by atoms with van der Waals surface area (Å²) in [4.78, 5) is 29.7. The second-order valence-corrected chi connectivity index (χ2v) is 13.3. The van der Waals surface area contributed by atoms with E-state index in [1.807, 2.05) is 32.9 Å². The van der Waals surface area contributed by atoms with E-state index in [1.54, 1.807) is 4.90 Å². The molecular weight excluding hydrogens is 458 g/mol. The van der Waals surface area contributed by atoms with Crippen molar-refractivity contribution in [2.75, 3.05) is 19.7 Å². The first-order chi connectivity index (χ1) is 16.8. The standard InChI is InChI=1S/C29H41NO6/c1-16-14-28-17(2)12-20-21(26(20,3)4)19(22(28)31)13-18-15-34-27(5,6)36-24(18)29(28,33)23(16)35-25(32)30-10-8-7-9-11-30/h13-14,17,19-21,23-24,33H,7-12,15H2,1-6H3/t17-,19+,20-,21+,23+,24-,28+,29-/m1/s1. The van der Waals surface area contributed by atoms with Crippen molar-refractivity contribution in [1.82, 2.24) is 4.90 Å². The minimum absolute atomic E-state index is 0.0368. The number of fused-ring (bicyclic) bond motifs is 5. The summed E-state index contributed by atoms with van der Waals surface area (Å²) in [5, 5.41) is 13.0. The fraction of sp³-hybridized carbons (Fsp3) is 0.793. The van der Waals surface area contributed by atoms with E-state index in [0.717, 1.165) is 36.8 Å². The van der Waals surface area contributed by atoms with Crippen LogP contribution < -0.4 is 0 Å². The third kappa shape index (κ3) is 3.08. The van der Waals surface area contributed by atoms with Crippen molar-refractivity contribution in [2.45, 2.75) is 90.8 Å². The van der Waals surface area contributed by atoms with Crippen LogP contribution in [-0.2, 0) is 19.0 Å². The second kappa shape index (κ2) is 7.67. The molecule has 0 aromatic carbocycles. The monoisotopic (exact) mass is 499 g/mol. The molecule has 6 rings (SSSR count). The molecule has 2 saturated heterocycles. The molecule has 2 heterocycles. The number of hydrogen-bond acceptors (Lipinski definition) is 6. The van der Waals surface area contributed by atoms with Crippen molar-refractivity contribution in [2.24, 2.45) is 34.5 Å². The minimum Gasteiger partial charge on any atom is -0.438 e. The number of nitrogens with zero attached hydrogens (tertiary/aromatic N) is 1. The van der Waals surface area contributed by atoms with Gasteiger partial charge in [0.2, 0.25) is 0 Å². The average Bonchev–Trinajstić information content (AvgIpc) is 3.32. The molecule has 1 spiro atoms. The number of piperidine rings is 1. The average molecular weight is 500 g/mol. The van der Waals surface area contributed by atoms with Gasteiger partial charge in [-0.1, -0.05) is 32.9 Å². The maximum Gasteiger partial charge on any atom is 0.410 e. The third-order valence-electron chi connectivity index (χ3n) is 10.5. The summed E-state index contributed by atoms with van der Waals surface area (Å²) in [6.07, 6.45) is 5.61. The number of likely N-dealkylation sites (tertiary alicyclic amines) is 1. The van der Waals surface area contributed by atoms with Crippen molar-refractivity contribution >= 4 is 11.9 Å². The molecule has 0 aromatic heterocycles. The zero-order chi connectivity index (χ0) is 25.8. The Balaban J connectivity index is 1.49. The highest BCUT2D eigenvalue weighted by Crippen LogP contribution is 2.72. The Hall–Kier alpha value is -1.70. The number of carbonyl (C=O) groups is 2. The first kappa shape index (κ1) is 24.6. The fourth-order valence-corrected chi connectivity index (χ4v) is 8.55. The van der Waals surface area contributed by atoms with Crippen LogP contribution in [0.5, 0.6) is 0 Å². The quantitative estimate of drug-likeness (QED) is 0.543. The van der Waals surface area contributed by atoms with Crippen LogP contribution in [0.2, 0.25) is 0 Å². The summed E-state index contributed by atoms with van der Waals surface area (Å²) < 4.78 is 18.7. The predicted molar refractivity (Wildman–Crippen MR) is 133 cm³/mol. The molecule has 0 aromatic rings. The van der Waals surface area contributed by atoms with E-state index in [4.69, 9.17) is 14.2 Å². The number of rotatable bonds is 1. The van der Waals surface area contributed by atoms with Crippen molar-refractivity contribution in [3.63, 3.8) is 0 Å². The lowest BCUT2D eigenvalue weighted by molar-refractivity contribution is -0.303. The maximum absolute atomic E-state index is 14.7. The van der Waals surface area contributed by atoms with Gasteiger partial charge in [-0.3, -0.25) is 4.79 Å². The Bertz CT molecular complexity index is 1050. The highest BCUT2D eigenvalue weighted by molar-refractivity contribution is 5.95. The van der Waals surface area contributed by atoms with Crippen LogP contribution >= 0.6 is 0 Å². The maximum atomic E-state index is 14.7. The summed E-state index contributed by atoms with van der Waals surface area (Å²) in [6, 6.07) is 0. The number of allylic oxidation sites excluding steroid dienone is 1. The van der Waals surface area contributed by atoms with Crippen LogP contribution in [-0.4, -0.2) is 65.2 Å². The van der Waals surface area contributed by atoms with Gasteiger partial charge in [0.05, 0.1) is 12.0 Å². The number of amides is 1. The van der Waals surface area contributed by atoms with Gasteiger partial charge in [-0.05, 0) is 80.8 Å². The number of ether oxygens (including phenoxy) is 3. The zero-order valence-electron chi connectivity index (χ0n) is 22.5. The Labute approximate surface area is 214 Å². The zero-order valence-corrected chi connectivity index (χ0v) is 22.5. The van der Waals surface area contributed by atoms with Gasteiger partial charge in [0.25, 0.3) is 0 Å². The molecule has 198 valence electrons. The SMILES string of the molecule is CC1=C[C@]23C(=O)[C@@H](C=C4COC(C)(C)O[C@H]4[C@]2(O)[C@H]1OC(=O)N1CCCCC1)[C@H]1[C@@H](C[C@H]3C)C1(C)C. The van der Waals surface area contributed by atoms with Crippen LogP contribution in [0, 0.1) is 34.5 Å². The largest absolute Gasteiger partial charge is 0.438 e. The van der Waals surface area contributed by atoms with E-state index in [2.05, 4.69) is 20.8 Å². The highest BCUT2D eigenvalue weighted by atomic mass is 16.7. The van der Waals surface area contributed by atoms with E-state index in [1.165, 1.54) is 0 Å². The molecule has 1 amide bonds. The number of carbonyl (C=O) groups excluding carboxylic acids is 2. The van der Waals surface area contributed by atoms with Crippen molar-refractivity contribution < 1.29 is 28.9 Å². The molecule has 2 bridgehead atoms. The molecule has 6 aliphatic rings. The van der Waals surface area contributed by atoms with E-state index in [9.17, 15) is 14.7 Å². The number of Topliss-reactive ketones (excluding diaryl/α,β-unsaturated/α-hetero) is 1. The predicted octanol–water partition coefficient (Wildman–Crippen LogP) is 4.24. The van der Waals surface area contributed by atoms with E-state index < -0.39 is 35.1 Å². The Kier molecular flexibility index (Phi) is 5.25. The Morgan fingerprint density at radius 2 is 1.86 bits per heavy atom. The smallest absolute Gasteiger partial charge is 0.410 e. The van der Waals surface area contributed by atoms with Crippen LogP contribution in [0.1, 0.15) is 67.2 Å². The molecule has 2 aliphatic heterocycles. The Morgan fingerprint density at radius 3 is 2.56 bits per heavy atom. The Morgan fingerprint density at radius 1 is 1.17 bits per heavy atom. The fourth-order valence-electron chi connectivity index (χ4n) is 8.55. The summed E-state index contributed by atoms with van der Waals surface area (Å²) in [5.74, 6) is -0.737. The molecule has 7 heteroatoms. The molecule has 0 radical (unpaired) electrons. The molecule has 36 heavy (non-hydrogen) atoms. The van der Waals surface area contributed by atoms with E-state index in [0.29, 0.717) is 19.0 Å². The lowest BCUT2D eigenvalue weighted by Gasteiger charge is -2.52. The second-order valence-electron chi connectivity index (χ2n) is 13.3. The summed E-state index contributed by atoms with van der Waals surface area (Å²) in [5.41, 5.74) is -1.37. The first-order valence-electron chi connectivity index (χ1n) is 13.8. The van der Waals surface area contributed by atoms with Gasteiger partial charge in [0.15, 0.2) is 23.3 Å². The molecule has 0 unspecified atom stereocenters. The van der Waals surface area contributed by atoms with Gasteiger partial charge in [0.1, 0.15) is 6.10 Å². The molecule has 4 aliphatic carbocycles.